The summed E-state index contributed by atoms with van der Waals surface area (Å²) in [4.78, 5) is 15.4. The second kappa shape index (κ2) is 7.96. The van der Waals surface area contributed by atoms with Crippen molar-refractivity contribution in [2.75, 3.05) is 6.61 Å². The number of nitriles is 1. The van der Waals surface area contributed by atoms with E-state index in [0.29, 0.717) is 35.0 Å². The van der Waals surface area contributed by atoms with E-state index in [1.807, 2.05) is 6.07 Å². The summed E-state index contributed by atoms with van der Waals surface area (Å²) in [6.07, 6.45) is 0.968. The van der Waals surface area contributed by atoms with E-state index in [1.54, 1.807) is 12.1 Å². The second-order valence-corrected chi connectivity index (χ2v) is 7.78. The van der Waals surface area contributed by atoms with Gasteiger partial charge in [0.1, 0.15) is 23.2 Å². The number of nitrogens with one attached hydrogen (secondary N) is 1. The third kappa shape index (κ3) is 3.59. The highest BCUT2D eigenvalue weighted by Crippen LogP contribution is 2.49. The Morgan fingerprint density at radius 3 is 2.50 bits per heavy atom. The zero-order valence-electron chi connectivity index (χ0n) is 16.0. The number of rotatable bonds is 6. The standard InChI is InChI=1S/C23H19F3N2O2/c24-16-3-1-13(2-4-16)22-21(18-8-17(25)9-19(26)23(18)28-22)15-6-14(7-15)20(30)5-12(10-27)11-29/h1-4,8-9,12,14-15,28-29H,5-7,11H2. The van der Waals surface area contributed by atoms with Crippen molar-refractivity contribution in [1.29, 1.82) is 5.26 Å². The van der Waals surface area contributed by atoms with Crippen molar-refractivity contribution in [2.45, 2.75) is 25.2 Å². The van der Waals surface area contributed by atoms with Gasteiger partial charge in [0.15, 0.2) is 0 Å². The van der Waals surface area contributed by atoms with E-state index >= 15 is 0 Å². The van der Waals surface area contributed by atoms with E-state index in [-0.39, 0.29) is 36.2 Å². The number of carbonyl (C=O) groups is 1. The van der Waals surface area contributed by atoms with Crippen LogP contribution in [-0.2, 0) is 4.79 Å². The van der Waals surface area contributed by atoms with Gasteiger partial charge in [-0.3, -0.25) is 4.79 Å². The summed E-state index contributed by atoms with van der Waals surface area (Å²) in [5.74, 6) is -3.00. The first-order valence-corrected chi connectivity index (χ1v) is 9.71. The quantitative estimate of drug-likeness (QED) is 0.608. The lowest BCUT2D eigenvalue weighted by molar-refractivity contribution is -0.126. The van der Waals surface area contributed by atoms with E-state index < -0.39 is 23.4 Å². The molecule has 154 valence electrons. The highest BCUT2D eigenvalue weighted by molar-refractivity contribution is 5.92. The zero-order valence-corrected chi connectivity index (χ0v) is 16.0. The van der Waals surface area contributed by atoms with Gasteiger partial charge in [0.25, 0.3) is 0 Å². The Kier molecular flexibility index (Phi) is 5.35. The van der Waals surface area contributed by atoms with Crippen molar-refractivity contribution in [1.82, 2.24) is 4.98 Å². The number of ketones is 1. The highest BCUT2D eigenvalue weighted by Gasteiger charge is 2.38. The third-order valence-electron chi connectivity index (χ3n) is 5.85. The van der Waals surface area contributed by atoms with Gasteiger partial charge >= 0.3 is 0 Å². The fraction of sp³-hybridized carbons (Fsp3) is 0.304. The average molecular weight is 412 g/mol. The van der Waals surface area contributed by atoms with Crippen molar-refractivity contribution in [3.05, 3.63) is 59.4 Å². The third-order valence-corrected chi connectivity index (χ3v) is 5.85. The lowest BCUT2D eigenvalue weighted by atomic mass is 9.67. The number of halogens is 3. The van der Waals surface area contributed by atoms with Crippen molar-refractivity contribution >= 4 is 16.7 Å². The molecule has 1 heterocycles. The number of Topliss-reactive ketones (excluding diaryl/α,β-unsaturated/α-hetero) is 1. The topological polar surface area (TPSA) is 76.9 Å². The molecule has 7 heteroatoms. The molecule has 0 amide bonds. The van der Waals surface area contributed by atoms with E-state index in [4.69, 9.17) is 10.4 Å². The summed E-state index contributed by atoms with van der Waals surface area (Å²) >= 11 is 0. The normalized spacial score (nSPS) is 19.3. The number of H-pyrrole nitrogens is 1. The molecular formula is C23H19F3N2O2. The largest absolute Gasteiger partial charge is 0.395 e. The zero-order chi connectivity index (χ0) is 21.4. The predicted octanol–water partition coefficient (Wildman–Crippen LogP) is 4.84. The van der Waals surface area contributed by atoms with Crippen LogP contribution in [0.3, 0.4) is 0 Å². The molecule has 1 atom stereocenters. The second-order valence-electron chi connectivity index (χ2n) is 7.78. The molecule has 0 spiro atoms. The minimum atomic E-state index is -0.720. The molecule has 3 aromatic rings. The Morgan fingerprint density at radius 1 is 1.17 bits per heavy atom. The van der Waals surface area contributed by atoms with Gasteiger partial charge in [-0.1, -0.05) is 0 Å². The summed E-state index contributed by atoms with van der Waals surface area (Å²) in [6, 6.07) is 9.71. The lowest BCUT2D eigenvalue weighted by Gasteiger charge is -2.35. The van der Waals surface area contributed by atoms with Gasteiger partial charge in [-0.15, -0.1) is 0 Å². The van der Waals surface area contributed by atoms with Crippen molar-refractivity contribution < 1.29 is 23.1 Å². The Bertz CT molecular complexity index is 1140. The number of aliphatic hydroxyl groups excluding tert-OH is 1. The van der Waals surface area contributed by atoms with Gasteiger partial charge in [0.2, 0.25) is 0 Å². The number of fused-ring (bicyclic) bond motifs is 1. The summed E-state index contributed by atoms with van der Waals surface area (Å²) < 4.78 is 41.7. The maximum Gasteiger partial charge on any atom is 0.150 e. The van der Waals surface area contributed by atoms with Crippen LogP contribution in [0.25, 0.3) is 22.2 Å². The number of benzene rings is 2. The number of aliphatic hydroxyl groups is 1. The molecule has 1 fully saturated rings. The minimum absolute atomic E-state index is 0.00759. The van der Waals surface area contributed by atoms with Gasteiger partial charge in [0.05, 0.1) is 29.8 Å². The number of carbonyl (C=O) groups excluding carboxylic acids is 1. The van der Waals surface area contributed by atoms with Crippen molar-refractivity contribution in [2.24, 2.45) is 11.8 Å². The Hall–Kier alpha value is -3.11. The Labute approximate surface area is 171 Å². The fourth-order valence-electron chi connectivity index (χ4n) is 4.19. The lowest BCUT2D eigenvalue weighted by Crippen LogP contribution is -2.30. The molecule has 4 rings (SSSR count). The Balaban J connectivity index is 1.68. The molecule has 4 nitrogen and oxygen atoms in total. The molecule has 0 bridgehead atoms. The number of aromatic nitrogens is 1. The van der Waals surface area contributed by atoms with E-state index in [2.05, 4.69) is 4.98 Å². The van der Waals surface area contributed by atoms with Crippen LogP contribution in [0.5, 0.6) is 0 Å². The number of hydrogen-bond donors (Lipinski definition) is 2. The molecule has 0 aliphatic heterocycles. The molecule has 1 unspecified atom stereocenters. The monoisotopic (exact) mass is 412 g/mol. The van der Waals surface area contributed by atoms with Crippen LogP contribution in [0, 0.1) is 40.6 Å². The number of aromatic amines is 1. The maximum absolute atomic E-state index is 14.4. The maximum atomic E-state index is 14.4. The van der Waals surface area contributed by atoms with Gasteiger partial charge < -0.3 is 10.1 Å². The van der Waals surface area contributed by atoms with Crippen LogP contribution >= 0.6 is 0 Å². The highest BCUT2D eigenvalue weighted by atomic mass is 19.1. The van der Waals surface area contributed by atoms with Crippen LogP contribution < -0.4 is 0 Å². The number of nitrogens with zero attached hydrogens (tertiary/aromatic N) is 1. The van der Waals surface area contributed by atoms with Crippen LogP contribution in [0.4, 0.5) is 13.2 Å². The van der Waals surface area contributed by atoms with Gasteiger partial charge in [-0.05, 0) is 60.2 Å². The molecule has 1 aromatic heterocycles. The molecular weight excluding hydrogens is 393 g/mol. The van der Waals surface area contributed by atoms with E-state index in [0.717, 1.165) is 6.07 Å². The summed E-state index contributed by atoms with van der Waals surface area (Å²) in [6.45, 7) is -0.367. The van der Waals surface area contributed by atoms with Gasteiger partial charge in [-0.2, -0.15) is 5.26 Å². The Morgan fingerprint density at radius 2 is 1.87 bits per heavy atom. The molecule has 2 N–H and O–H groups in total. The molecule has 0 radical (unpaired) electrons. The summed E-state index contributed by atoms with van der Waals surface area (Å²) in [5.41, 5.74) is 2.10. The number of hydrogen-bond acceptors (Lipinski definition) is 3. The summed E-state index contributed by atoms with van der Waals surface area (Å²) in [7, 11) is 0. The summed E-state index contributed by atoms with van der Waals surface area (Å²) in [5, 5.41) is 18.5. The van der Waals surface area contributed by atoms with Crippen LogP contribution in [0.2, 0.25) is 0 Å². The fourth-order valence-corrected chi connectivity index (χ4v) is 4.19. The predicted molar refractivity (Wildman–Crippen MR) is 105 cm³/mol. The molecule has 30 heavy (non-hydrogen) atoms. The van der Waals surface area contributed by atoms with Crippen molar-refractivity contribution in [3.63, 3.8) is 0 Å². The first-order valence-electron chi connectivity index (χ1n) is 9.71. The SMILES string of the molecule is N#CC(CO)CC(=O)C1CC(c2c(-c3ccc(F)cc3)[nH]c3c(F)cc(F)cc23)C1. The van der Waals surface area contributed by atoms with E-state index in [9.17, 15) is 18.0 Å². The van der Waals surface area contributed by atoms with Gasteiger partial charge in [0, 0.05) is 23.8 Å². The van der Waals surface area contributed by atoms with Crippen LogP contribution in [-0.4, -0.2) is 22.5 Å². The molecule has 1 aliphatic carbocycles. The first-order chi connectivity index (χ1) is 14.4. The molecule has 1 aliphatic rings. The molecule has 0 saturated heterocycles. The average Bonchev–Trinajstić information content (AvgIpc) is 3.05. The molecule has 2 aromatic carbocycles. The smallest absolute Gasteiger partial charge is 0.150 e. The minimum Gasteiger partial charge on any atom is -0.395 e. The van der Waals surface area contributed by atoms with E-state index in [1.165, 1.54) is 18.2 Å². The van der Waals surface area contributed by atoms with Gasteiger partial charge in [-0.25, -0.2) is 13.2 Å². The molecule has 1 saturated carbocycles. The van der Waals surface area contributed by atoms with Crippen LogP contribution in [0.1, 0.15) is 30.7 Å². The van der Waals surface area contributed by atoms with Crippen LogP contribution in [0.15, 0.2) is 36.4 Å². The van der Waals surface area contributed by atoms with Crippen molar-refractivity contribution in [3.8, 4) is 17.3 Å². The first kappa shape index (κ1) is 20.2.